The maximum atomic E-state index is 10.5. The average Bonchev–Trinajstić information content (AvgIpc) is 2.14. The van der Waals surface area contributed by atoms with Gasteiger partial charge in [-0.05, 0) is 0 Å². The highest BCUT2D eigenvalue weighted by Crippen LogP contribution is 2.07. The lowest BCUT2D eigenvalue weighted by Crippen LogP contribution is -2.15. The van der Waals surface area contributed by atoms with E-state index in [1.807, 2.05) is 0 Å². The third-order valence-corrected chi connectivity index (χ3v) is 1.17. The Hall–Kier alpha value is -0.570. The number of ether oxygens (including phenoxy) is 2. The van der Waals surface area contributed by atoms with Crippen molar-refractivity contribution < 1.29 is 14.3 Å². The number of hydrogen-bond donors (Lipinski definition) is 0. The van der Waals surface area contributed by atoms with Gasteiger partial charge in [0.1, 0.15) is 0 Å². The molecule has 0 aromatic rings. The first kappa shape index (κ1) is 5.56. The van der Waals surface area contributed by atoms with Gasteiger partial charge in [0.25, 0.3) is 0 Å². The first-order valence-electron chi connectivity index (χ1n) is 2.54. The first-order chi connectivity index (χ1) is 3.84. The van der Waals surface area contributed by atoms with Crippen LogP contribution in [0.2, 0.25) is 0 Å². The topological polar surface area (TPSA) is 35.5 Å². The lowest BCUT2D eigenvalue weighted by Gasteiger charge is -1.98. The number of carbonyl (C=O) groups excluding carboxylic acids is 1. The van der Waals surface area contributed by atoms with Crippen LogP contribution in [-0.4, -0.2) is 25.8 Å². The normalized spacial score (nSPS) is 28.1. The molecule has 3 heteroatoms. The maximum absolute atomic E-state index is 10.5. The fourth-order valence-corrected chi connectivity index (χ4v) is 0.691. The minimum Gasteiger partial charge on any atom is -0.464 e. The third-order valence-electron chi connectivity index (χ3n) is 1.17. The van der Waals surface area contributed by atoms with Gasteiger partial charge >= 0.3 is 5.97 Å². The molecule has 0 spiro atoms. The Bertz CT molecular complexity index is 99.8. The second-order valence-electron chi connectivity index (χ2n) is 1.68. The number of rotatable bonds is 1. The summed E-state index contributed by atoms with van der Waals surface area (Å²) in [6.07, 6.45) is 0.407. The van der Waals surface area contributed by atoms with Crippen molar-refractivity contribution in [2.75, 3.05) is 13.7 Å². The molecule has 1 atom stereocenters. The Morgan fingerprint density at radius 1 is 1.88 bits per heavy atom. The van der Waals surface area contributed by atoms with E-state index in [9.17, 15) is 4.79 Å². The van der Waals surface area contributed by atoms with Crippen LogP contribution in [0.15, 0.2) is 0 Å². The second kappa shape index (κ2) is 2.13. The lowest BCUT2D eigenvalue weighted by molar-refractivity contribution is -0.145. The fourth-order valence-electron chi connectivity index (χ4n) is 0.691. The molecule has 0 amide bonds. The predicted molar refractivity (Wildman–Crippen MR) is 26.4 cm³/mol. The Kier molecular flexibility index (Phi) is 1.48. The van der Waals surface area contributed by atoms with Crippen molar-refractivity contribution in [2.24, 2.45) is 0 Å². The van der Waals surface area contributed by atoms with E-state index in [1.165, 1.54) is 7.11 Å². The van der Waals surface area contributed by atoms with Gasteiger partial charge in [0.15, 0.2) is 6.10 Å². The summed E-state index contributed by atoms with van der Waals surface area (Å²) in [6.45, 7) is 0.511. The van der Waals surface area contributed by atoms with Gasteiger partial charge in [0, 0.05) is 13.5 Å². The number of hydrogen-bond acceptors (Lipinski definition) is 3. The van der Waals surface area contributed by atoms with Crippen molar-refractivity contribution in [3.05, 3.63) is 0 Å². The molecule has 8 heavy (non-hydrogen) atoms. The highest BCUT2D eigenvalue weighted by molar-refractivity contribution is 5.76. The summed E-state index contributed by atoms with van der Waals surface area (Å²) >= 11 is 0. The number of methoxy groups -OCH3 is 1. The SMILES string of the molecule is CO[C@@H]1CCOC1=O. The summed E-state index contributed by atoms with van der Waals surface area (Å²) in [4.78, 5) is 10.5. The van der Waals surface area contributed by atoms with E-state index in [0.29, 0.717) is 13.0 Å². The van der Waals surface area contributed by atoms with Gasteiger partial charge < -0.3 is 9.47 Å². The van der Waals surface area contributed by atoms with Crippen LogP contribution in [-0.2, 0) is 14.3 Å². The minimum absolute atomic E-state index is 0.229. The summed E-state index contributed by atoms with van der Waals surface area (Å²) in [5, 5.41) is 0. The van der Waals surface area contributed by atoms with Gasteiger partial charge in [-0.1, -0.05) is 0 Å². The van der Waals surface area contributed by atoms with Gasteiger partial charge in [-0.3, -0.25) is 0 Å². The highest BCUT2D eigenvalue weighted by atomic mass is 16.6. The predicted octanol–water partition coefficient (Wildman–Crippen LogP) is -0.0517. The summed E-state index contributed by atoms with van der Waals surface area (Å²) in [5.41, 5.74) is 0. The molecule has 0 bridgehead atoms. The molecule has 0 aromatic heterocycles. The molecule has 1 aliphatic rings. The van der Waals surface area contributed by atoms with E-state index in [0.717, 1.165) is 0 Å². The van der Waals surface area contributed by atoms with E-state index in [-0.39, 0.29) is 12.1 Å². The van der Waals surface area contributed by atoms with Crippen molar-refractivity contribution >= 4 is 5.97 Å². The highest BCUT2D eigenvalue weighted by Gasteiger charge is 2.25. The van der Waals surface area contributed by atoms with Gasteiger partial charge in [0.2, 0.25) is 0 Å². The zero-order valence-electron chi connectivity index (χ0n) is 4.72. The van der Waals surface area contributed by atoms with Crippen LogP contribution in [0.3, 0.4) is 0 Å². The van der Waals surface area contributed by atoms with E-state index < -0.39 is 0 Å². The zero-order valence-corrected chi connectivity index (χ0v) is 4.72. The molecule has 1 aliphatic heterocycles. The Morgan fingerprint density at radius 3 is 2.88 bits per heavy atom. The lowest BCUT2D eigenvalue weighted by atomic mass is 10.3. The molecular formula is C5H8O3. The summed E-state index contributed by atoms with van der Waals surface area (Å²) < 4.78 is 9.34. The largest absolute Gasteiger partial charge is 0.464 e. The number of cyclic esters (lactones) is 1. The molecule has 1 heterocycles. The van der Waals surface area contributed by atoms with Crippen molar-refractivity contribution in [3.63, 3.8) is 0 Å². The Morgan fingerprint density at radius 2 is 2.62 bits per heavy atom. The summed E-state index contributed by atoms with van der Waals surface area (Å²) in [5.74, 6) is -0.229. The van der Waals surface area contributed by atoms with E-state index in [4.69, 9.17) is 4.74 Å². The molecule has 0 saturated carbocycles. The smallest absolute Gasteiger partial charge is 0.335 e. The first-order valence-corrected chi connectivity index (χ1v) is 2.54. The second-order valence-corrected chi connectivity index (χ2v) is 1.68. The van der Waals surface area contributed by atoms with Crippen molar-refractivity contribution in [1.29, 1.82) is 0 Å². The molecule has 46 valence electrons. The molecule has 0 radical (unpaired) electrons. The Balaban J connectivity index is 2.42. The quantitative estimate of drug-likeness (QED) is 0.450. The summed E-state index contributed by atoms with van der Waals surface area (Å²) in [7, 11) is 1.51. The monoisotopic (exact) mass is 116 g/mol. The van der Waals surface area contributed by atoms with Crippen LogP contribution >= 0.6 is 0 Å². The third kappa shape index (κ3) is 0.816. The van der Waals surface area contributed by atoms with E-state index in [2.05, 4.69) is 4.74 Å². The van der Waals surface area contributed by atoms with E-state index in [1.54, 1.807) is 0 Å². The molecule has 0 unspecified atom stereocenters. The molecule has 1 saturated heterocycles. The van der Waals surface area contributed by atoms with Gasteiger partial charge in [0.05, 0.1) is 6.61 Å². The molecule has 0 aromatic carbocycles. The number of esters is 1. The van der Waals surface area contributed by atoms with Gasteiger partial charge in [-0.25, -0.2) is 4.79 Å². The van der Waals surface area contributed by atoms with E-state index >= 15 is 0 Å². The van der Waals surface area contributed by atoms with Crippen molar-refractivity contribution in [2.45, 2.75) is 12.5 Å². The standard InChI is InChI=1S/C5H8O3/c1-7-4-2-3-8-5(4)6/h4H,2-3H2,1H3/t4-/m1/s1. The molecule has 0 N–H and O–H groups in total. The average molecular weight is 116 g/mol. The minimum atomic E-state index is -0.296. The van der Waals surface area contributed by atoms with Gasteiger partial charge in [-0.15, -0.1) is 0 Å². The fraction of sp³-hybridized carbons (Fsp3) is 0.800. The number of carbonyl (C=O) groups is 1. The van der Waals surface area contributed by atoms with Crippen LogP contribution in [0.5, 0.6) is 0 Å². The van der Waals surface area contributed by atoms with Crippen LogP contribution in [0.4, 0.5) is 0 Å². The molecule has 1 fully saturated rings. The van der Waals surface area contributed by atoms with Crippen LogP contribution in [0.25, 0.3) is 0 Å². The zero-order chi connectivity index (χ0) is 5.98. The maximum Gasteiger partial charge on any atom is 0.335 e. The van der Waals surface area contributed by atoms with Gasteiger partial charge in [-0.2, -0.15) is 0 Å². The molecular weight excluding hydrogens is 108 g/mol. The summed E-state index contributed by atoms with van der Waals surface area (Å²) in [6, 6.07) is 0. The van der Waals surface area contributed by atoms with Crippen LogP contribution in [0, 0.1) is 0 Å². The van der Waals surface area contributed by atoms with Crippen LogP contribution in [0.1, 0.15) is 6.42 Å². The molecule has 3 nitrogen and oxygen atoms in total. The van der Waals surface area contributed by atoms with Crippen molar-refractivity contribution in [3.8, 4) is 0 Å². The van der Waals surface area contributed by atoms with Crippen LogP contribution < -0.4 is 0 Å². The Labute approximate surface area is 47.6 Å². The van der Waals surface area contributed by atoms with Crippen molar-refractivity contribution in [1.82, 2.24) is 0 Å². The molecule has 1 rings (SSSR count). The molecule has 0 aliphatic carbocycles.